The summed E-state index contributed by atoms with van der Waals surface area (Å²) >= 11 is 3.48. The molecule has 4 heteroatoms. The van der Waals surface area contributed by atoms with Crippen LogP contribution in [0.5, 0.6) is 0 Å². The molecule has 1 aromatic rings. The maximum Gasteiger partial charge on any atom is 0.333 e. The van der Waals surface area contributed by atoms with Gasteiger partial charge in [-0.05, 0) is 50.1 Å². The Labute approximate surface area is 122 Å². The van der Waals surface area contributed by atoms with Crippen molar-refractivity contribution >= 4 is 33.7 Å². The van der Waals surface area contributed by atoms with Crippen LogP contribution in [0.4, 0.5) is 5.69 Å². The van der Waals surface area contributed by atoms with Gasteiger partial charge in [-0.1, -0.05) is 15.9 Å². The molecule has 3 nitrogen and oxygen atoms in total. The number of benzene rings is 1. The van der Waals surface area contributed by atoms with Gasteiger partial charge in [-0.2, -0.15) is 0 Å². The number of ether oxygens (including phenoxy) is 1. The van der Waals surface area contributed by atoms with Crippen LogP contribution in [0.2, 0.25) is 0 Å². The maximum atomic E-state index is 11.8. The van der Waals surface area contributed by atoms with E-state index in [1.54, 1.807) is 0 Å². The van der Waals surface area contributed by atoms with Crippen LogP contribution in [0.3, 0.4) is 0 Å². The zero-order chi connectivity index (χ0) is 14.0. The number of methoxy groups -OCH3 is 1. The minimum atomic E-state index is -0.239. The molecule has 0 fully saturated rings. The van der Waals surface area contributed by atoms with Crippen molar-refractivity contribution in [1.82, 2.24) is 0 Å². The summed E-state index contributed by atoms with van der Waals surface area (Å²) < 4.78 is 5.86. The third-order valence-corrected chi connectivity index (χ3v) is 3.81. The van der Waals surface area contributed by atoms with E-state index in [0.717, 1.165) is 27.8 Å². The predicted molar refractivity (Wildman–Crippen MR) is 81.2 cm³/mol. The van der Waals surface area contributed by atoms with Gasteiger partial charge in [-0.15, -0.1) is 0 Å². The lowest BCUT2D eigenvalue weighted by atomic mass is 10.1. The first kappa shape index (κ1) is 14.1. The first-order valence-corrected chi connectivity index (χ1v) is 7.17. The van der Waals surface area contributed by atoms with Gasteiger partial charge in [0.05, 0.1) is 7.11 Å². The SMILES string of the molecule is COC(=O)C1=Cc2cc(Br)ccc2N(C(C)C)CC1. The third-order valence-electron chi connectivity index (χ3n) is 3.32. The van der Waals surface area contributed by atoms with Crippen LogP contribution in [0.25, 0.3) is 6.08 Å². The van der Waals surface area contributed by atoms with Crippen LogP contribution in [-0.4, -0.2) is 25.7 Å². The second-order valence-corrected chi connectivity index (χ2v) is 5.82. The largest absolute Gasteiger partial charge is 0.466 e. The van der Waals surface area contributed by atoms with Crippen molar-refractivity contribution in [1.29, 1.82) is 0 Å². The van der Waals surface area contributed by atoms with E-state index in [9.17, 15) is 4.79 Å². The summed E-state index contributed by atoms with van der Waals surface area (Å²) in [6, 6.07) is 6.56. The molecule has 1 aliphatic rings. The normalized spacial score (nSPS) is 14.8. The Hall–Kier alpha value is -1.29. The van der Waals surface area contributed by atoms with E-state index in [0.29, 0.717) is 12.5 Å². The zero-order valence-electron chi connectivity index (χ0n) is 11.4. The molecule has 1 aliphatic heterocycles. The fourth-order valence-electron chi connectivity index (χ4n) is 2.35. The third kappa shape index (κ3) is 3.00. The number of nitrogens with zero attached hydrogens (tertiary/aromatic N) is 1. The Morgan fingerprint density at radius 1 is 1.42 bits per heavy atom. The van der Waals surface area contributed by atoms with Crippen molar-refractivity contribution in [3.05, 3.63) is 33.8 Å². The number of hydrogen-bond donors (Lipinski definition) is 0. The lowest BCUT2D eigenvalue weighted by Crippen LogP contribution is -2.32. The summed E-state index contributed by atoms with van der Waals surface area (Å²) in [5, 5.41) is 0. The van der Waals surface area contributed by atoms with Gasteiger partial charge in [-0.3, -0.25) is 0 Å². The summed E-state index contributed by atoms with van der Waals surface area (Å²) in [5.41, 5.74) is 2.95. The van der Waals surface area contributed by atoms with Crippen LogP contribution in [0.15, 0.2) is 28.2 Å². The highest BCUT2D eigenvalue weighted by Crippen LogP contribution is 2.31. The summed E-state index contributed by atoms with van der Waals surface area (Å²) in [5.74, 6) is -0.239. The van der Waals surface area contributed by atoms with Crippen molar-refractivity contribution < 1.29 is 9.53 Å². The van der Waals surface area contributed by atoms with E-state index in [2.05, 4.69) is 40.7 Å². The monoisotopic (exact) mass is 323 g/mol. The summed E-state index contributed by atoms with van der Waals surface area (Å²) in [6.45, 7) is 5.15. The van der Waals surface area contributed by atoms with Gasteiger partial charge in [0.1, 0.15) is 0 Å². The molecule has 0 bridgehead atoms. The lowest BCUT2D eigenvalue weighted by Gasteiger charge is -2.29. The molecule has 0 N–H and O–H groups in total. The highest BCUT2D eigenvalue weighted by atomic mass is 79.9. The molecule has 0 spiro atoms. The molecule has 2 rings (SSSR count). The minimum absolute atomic E-state index is 0.239. The van der Waals surface area contributed by atoms with Crippen LogP contribution in [0.1, 0.15) is 25.8 Å². The van der Waals surface area contributed by atoms with Crippen LogP contribution >= 0.6 is 15.9 Å². The van der Waals surface area contributed by atoms with Crippen LogP contribution in [0, 0.1) is 0 Å². The number of halogens is 1. The highest BCUT2D eigenvalue weighted by Gasteiger charge is 2.21. The molecule has 0 aliphatic carbocycles. The quantitative estimate of drug-likeness (QED) is 0.778. The van der Waals surface area contributed by atoms with E-state index in [1.165, 1.54) is 7.11 Å². The number of hydrogen-bond acceptors (Lipinski definition) is 3. The van der Waals surface area contributed by atoms with E-state index < -0.39 is 0 Å². The fourth-order valence-corrected chi connectivity index (χ4v) is 2.73. The van der Waals surface area contributed by atoms with Gasteiger partial charge in [0.2, 0.25) is 0 Å². The fraction of sp³-hybridized carbons (Fsp3) is 0.400. The van der Waals surface area contributed by atoms with Gasteiger partial charge in [-0.25, -0.2) is 4.79 Å². The number of carbonyl (C=O) groups excluding carboxylic acids is 1. The standard InChI is InChI=1S/C15H18BrNO2/c1-10(2)17-7-6-11(15(18)19-3)8-12-9-13(16)4-5-14(12)17/h4-5,8-10H,6-7H2,1-3H3. The Morgan fingerprint density at radius 3 is 2.79 bits per heavy atom. The molecule has 0 amide bonds. The summed E-state index contributed by atoms with van der Waals surface area (Å²) in [7, 11) is 1.43. The molecule has 0 aromatic heterocycles. The Balaban J connectivity index is 2.49. The van der Waals surface area contributed by atoms with Crippen LogP contribution < -0.4 is 4.90 Å². The van der Waals surface area contributed by atoms with E-state index >= 15 is 0 Å². The minimum Gasteiger partial charge on any atom is -0.466 e. The van der Waals surface area contributed by atoms with Crippen LogP contribution in [-0.2, 0) is 9.53 Å². The Kier molecular flexibility index (Phi) is 4.30. The Morgan fingerprint density at radius 2 is 2.16 bits per heavy atom. The van der Waals surface area contributed by atoms with Crippen molar-refractivity contribution in [2.24, 2.45) is 0 Å². The van der Waals surface area contributed by atoms with E-state index in [-0.39, 0.29) is 5.97 Å². The van der Waals surface area contributed by atoms with Gasteiger partial charge < -0.3 is 9.64 Å². The molecule has 19 heavy (non-hydrogen) atoms. The van der Waals surface area contributed by atoms with Crippen molar-refractivity contribution in [2.45, 2.75) is 26.3 Å². The average Bonchev–Trinajstić information content (AvgIpc) is 2.56. The average molecular weight is 324 g/mol. The molecule has 1 aromatic carbocycles. The number of carbonyl (C=O) groups is 1. The number of rotatable bonds is 2. The molecular weight excluding hydrogens is 306 g/mol. The molecular formula is C15H18BrNO2. The maximum absolute atomic E-state index is 11.8. The van der Waals surface area contributed by atoms with Crippen molar-refractivity contribution in [2.75, 3.05) is 18.6 Å². The lowest BCUT2D eigenvalue weighted by molar-refractivity contribution is -0.136. The molecule has 0 saturated heterocycles. The number of fused-ring (bicyclic) bond motifs is 1. The number of esters is 1. The van der Waals surface area contributed by atoms with E-state index in [4.69, 9.17) is 4.74 Å². The highest BCUT2D eigenvalue weighted by molar-refractivity contribution is 9.10. The Bertz CT molecular complexity index is 523. The van der Waals surface area contributed by atoms with Crippen molar-refractivity contribution in [3.63, 3.8) is 0 Å². The summed E-state index contributed by atoms with van der Waals surface area (Å²) in [4.78, 5) is 14.1. The van der Waals surface area contributed by atoms with Gasteiger partial charge in [0, 0.05) is 28.3 Å². The second kappa shape index (κ2) is 5.78. The summed E-state index contributed by atoms with van der Waals surface area (Å²) in [6.07, 6.45) is 2.64. The molecule has 0 radical (unpaired) electrons. The second-order valence-electron chi connectivity index (χ2n) is 4.90. The van der Waals surface area contributed by atoms with E-state index in [1.807, 2.05) is 18.2 Å². The number of anilines is 1. The molecule has 0 atom stereocenters. The van der Waals surface area contributed by atoms with Gasteiger partial charge in [0.25, 0.3) is 0 Å². The molecule has 1 heterocycles. The zero-order valence-corrected chi connectivity index (χ0v) is 13.0. The smallest absolute Gasteiger partial charge is 0.333 e. The molecule has 102 valence electrons. The van der Waals surface area contributed by atoms with Gasteiger partial charge in [0.15, 0.2) is 0 Å². The first-order chi connectivity index (χ1) is 9.02. The van der Waals surface area contributed by atoms with Gasteiger partial charge >= 0.3 is 5.97 Å². The molecule has 0 unspecified atom stereocenters. The topological polar surface area (TPSA) is 29.5 Å². The molecule has 0 saturated carbocycles. The predicted octanol–water partition coefficient (Wildman–Crippen LogP) is 3.62. The van der Waals surface area contributed by atoms with Crippen molar-refractivity contribution in [3.8, 4) is 0 Å². The first-order valence-electron chi connectivity index (χ1n) is 6.38.